The Bertz CT molecular complexity index is 664. The minimum Gasteiger partial charge on any atom is -0.383 e. The van der Waals surface area contributed by atoms with Gasteiger partial charge < -0.3 is 10.6 Å². The van der Waals surface area contributed by atoms with Gasteiger partial charge in [0.25, 0.3) is 5.91 Å². The Morgan fingerprint density at radius 2 is 2.14 bits per heavy atom. The zero-order valence-electron chi connectivity index (χ0n) is 11.1. The van der Waals surface area contributed by atoms with Crippen LogP contribution in [0.5, 0.6) is 0 Å². The van der Waals surface area contributed by atoms with E-state index in [-0.39, 0.29) is 5.91 Å². The third-order valence-electron chi connectivity index (χ3n) is 2.69. The number of nitriles is 1. The second kappa shape index (κ2) is 7.41. The quantitative estimate of drug-likeness (QED) is 0.817. The first-order valence-electron chi connectivity index (χ1n) is 6.33. The third-order valence-corrected chi connectivity index (χ3v) is 3.18. The zero-order valence-corrected chi connectivity index (χ0v) is 12.7. The maximum Gasteiger partial charge on any atom is 0.269 e. The van der Waals surface area contributed by atoms with Crippen molar-refractivity contribution in [1.29, 1.82) is 5.26 Å². The van der Waals surface area contributed by atoms with Gasteiger partial charge in [-0.1, -0.05) is 22.0 Å². The highest BCUT2D eigenvalue weighted by molar-refractivity contribution is 9.10. The summed E-state index contributed by atoms with van der Waals surface area (Å²) in [7, 11) is 0. The Morgan fingerprint density at radius 3 is 2.81 bits per heavy atom. The van der Waals surface area contributed by atoms with Gasteiger partial charge in [0.05, 0.1) is 5.56 Å². The van der Waals surface area contributed by atoms with E-state index >= 15 is 0 Å². The molecule has 1 aromatic heterocycles. The van der Waals surface area contributed by atoms with E-state index in [9.17, 15) is 4.79 Å². The SMILES string of the molecule is N#Cc1ccc(C(=O)NCCNc2cccc(Br)c2)nc1. The van der Waals surface area contributed by atoms with E-state index in [2.05, 4.69) is 31.5 Å². The molecule has 0 fully saturated rings. The highest BCUT2D eigenvalue weighted by atomic mass is 79.9. The van der Waals surface area contributed by atoms with Gasteiger partial charge in [-0.25, -0.2) is 4.98 Å². The molecule has 0 spiro atoms. The highest BCUT2D eigenvalue weighted by Crippen LogP contribution is 2.14. The summed E-state index contributed by atoms with van der Waals surface area (Å²) in [5, 5.41) is 14.6. The maximum absolute atomic E-state index is 11.8. The topological polar surface area (TPSA) is 77.8 Å². The van der Waals surface area contributed by atoms with Crippen LogP contribution in [0.3, 0.4) is 0 Å². The smallest absolute Gasteiger partial charge is 0.269 e. The predicted molar refractivity (Wildman–Crippen MR) is 83.9 cm³/mol. The summed E-state index contributed by atoms with van der Waals surface area (Å²) in [5.41, 5.74) is 1.72. The Morgan fingerprint density at radius 1 is 1.29 bits per heavy atom. The van der Waals surface area contributed by atoms with Gasteiger partial charge in [-0.3, -0.25) is 4.79 Å². The number of nitrogens with one attached hydrogen (secondary N) is 2. The van der Waals surface area contributed by atoms with Crippen LogP contribution in [-0.2, 0) is 0 Å². The van der Waals surface area contributed by atoms with E-state index in [4.69, 9.17) is 5.26 Å². The lowest BCUT2D eigenvalue weighted by molar-refractivity contribution is 0.0950. The van der Waals surface area contributed by atoms with Crippen LogP contribution in [0.25, 0.3) is 0 Å². The number of pyridine rings is 1. The number of rotatable bonds is 5. The number of benzene rings is 1. The number of nitrogens with zero attached hydrogens (tertiary/aromatic N) is 2. The van der Waals surface area contributed by atoms with Gasteiger partial charge in [-0.2, -0.15) is 5.26 Å². The van der Waals surface area contributed by atoms with Crippen molar-refractivity contribution < 1.29 is 4.79 Å². The number of anilines is 1. The van der Waals surface area contributed by atoms with Crippen LogP contribution in [0.4, 0.5) is 5.69 Å². The predicted octanol–water partition coefficient (Wildman–Crippen LogP) is 2.56. The van der Waals surface area contributed by atoms with Crippen molar-refractivity contribution in [3.05, 3.63) is 58.3 Å². The second-order valence-corrected chi connectivity index (χ2v) is 5.15. The molecule has 0 aliphatic heterocycles. The number of hydrogen-bond donors (Lipinski definition) is 2. The molecule has 1 amide bonds. The monoisotopic (exact) mass is 344 g/mol. The molecule has 2 N–H and O–H groups in total. The Kier molecular flexibility index (Phi) is 5.29. The number of hydrogen-bond acceptors (Lipinski definition) is 4. The Labute approximate surface area is 131 Å². The van der Waals surface area contributed by atoms with Crippen LogP contribution in [0.1, 0.15) is 16.1 Å². The number of carbonyl (C=O) groups is 1. The van der Waals surface area contributed by atoms with Crippen molar-refractivity contribution in [2.75, 3.05) is 18.4 Å². The molecule has 0 atom stereocenters. The van der Waals surface area contributed by atoms with E-state index in [1.807, 2.05) is 30.3 Å². The van der Waals surface area contributed by atoms with Crippen molar-refractivity contribution >= 4 is 27.5 Å². The Hall–Kier alpha value is -2.39. The molecule has 0 radical (unpaired) electrons. The molecule has 106 valence electrons. The van der Waals surface area contributed by atoms with E-state index in [0.29, 0.717) is 24.3 Å². The molecule has 0 saturated heterocycles. The number of carbonyl (C=O) groups excluding carboxylic acids is 1. The van der Waals surface area contributed by atoms with Crippen LogP contribution in [0.15, 0.2) is 47.1 Å². The number of amides is 1. The molecule has 0 aliphatic rings. The molecular weight excluding hydrogens is 332 g/mol. The van der Waals surface area contributed by atoms with Gasteiger partial charge in [0.2, 0.25) is 0 Å². The summed E-state index contributed by atoms with van der Waals surface area (Å²) in [5.74, 6) is -0.254. The standard InChI is InChI=1S/C15H13BrN4O/c16-12-2-1-3-13(8-12)18-6-7-19-15(21)14-5-4-11(9-17)10-20-14/h1-5,8,10,18H,6-7H2,(H,19,21). The van der Waals surface area contributed by atoms with Gasteiger partial charge in [0.15, 0.2) is 0 Å². The minimum absolute atomic E-state index is 0.254. The van der Waals surface area contributed by atoms with Crippen molar-refractivity contribution in [3.8, 4) is 6.07 Å². The van der Waals surface area contributed by atoms with Gasteiger partial charge in [0, 0.05) is 29.4 Å². The van der Waals surface area contributed by atoms with Gasteiger partial charge >= 0.3 is 0 Å². The highest BCUT2D eigenvalue weighted by Gasteiger charge is 2.05. The van der Waals surface area contributed by atoms with Crippen LogP contribution >= 0.6 is 15.9 Å². The van der Waals surface area contributed by atoms with Crippen molar-refractivity contribution in [2.45, 2.75) is 0 Å². The molecule has 6 heteroatoms. The summed E-state index contributed by atoms with van der Waals surface area (Å²) < 4.78 is 0.998. The largest absolute Gasteiger partial charge is 0.383 e. The second-order valence-electron chi connectivity index (χ2n) is 4.24. The lowest BCUT2D eigenvalue weighted by atomic mass is 10.2. The molecule has 21 heavy (non-hydrogen) atoms. The molecule has 1 aromatic carbocycles. The van der Waals surface area contributed by atoms with Gasteiger partial charge in [-0.15, -0.1) is 0 Å². The van der Waals surface area contributed by atoms with E-state index in [0.717, 1.165) is 10.2 Å². The molecule has 0 unspecified atom stereocenters. The lowest BCUT2D eigenvalue weighted by Crippen LogP contribution is -2.29. The molecule has 0 bridgehead atoms. The molecule has 0 saturated carbocycles. The first-order valence-corrected chi connectivity index (χ1v) is 7.12. The average molecular weight is 345 g/mol. The Balaban J connectivity index is 1.77. The molecular formula is C15H13BrN4O. The molecule has 0 aliphatic carbocycles. The van der Waals surface area contributed by atoms with Gasteiger partial charge in [0.1, 0.15) is 11.8 Å². The summed E-state index contributed by atoms with van der Waals surface area (Å²) >= 11 is 3.40. The summed E-state index contributed by atoms with van der Waals surface area (Å²) in [4.78, 5) is 15.8. The van der Waals surface area contributed by atoms with E-state index < -0.39 is 0 Å². The third kappa shape index (κ3) is 4.58. The fraction of sp³-hybridized carbons (Fsp3) is 0.133. The first-order chi connectivity index (χ1) is 10.2. The van der Waals surface area contributed by atoms with Crippen LogP contribution in [-0.4, -0.2) is 24.0 Å². The van der Waals surface area contributed by atoms with Crippen molar-refractivity contribution in [2.24, 2.45) is 0 Å². The van der Waals surface area contributed by atoms with Crippen LogP contribution < -0.4 is 10.6 Å². The van der Waals surface area contributed by atoms with E-state index in [1.54, 1.807) is 6.07 Å². The van der Waals surface area contributed by atoms with Crippen LogP contribution in [0.2, 0.25) is 0 Å². The zero-order chi connectivity index (χ0) is 15.1. The van der Waals surface area contributed by atoms with Crippen LogP contribution in [0, 0.1) is 11.3 Å². The van der Waals surface area contributed by atoms with E-state index in [1.165, 1.54) is 12.3 Å². The summed E-state index contributed by atoms with van der Waals surface area (Å²) in [6, 6.07) is 12.9. The number of aromatic nitrogens is 1. The summed E-state index contributed by atoms with van der Waals surface area (Å²) in [6.45, 7) is 1.09. The maximum atomic E-state index is 11.8. The fourth-order valence-corrected chi connectivity index (χ4v) is 2.07. The molecule has 1 heterocycles. The molecule has 2 rings (SSSR count). The molecule has 2 aromatic rings. The minimum atomic E-state index is -0.254. The van der Waals surface area contributed by atoms with Gasteiger partial charge in [-0.05, 0) is 30.3 Å². The number of halogens is 1. The van der Waals surface area contributed by atoms with Crippen molar-refractivity contribution in [3.63, 3.8) is 0 Å². The fourth-order valence-electron chi connectivity index (χ4n) is 1.67. The lowest BCUT2D eigenvalue weighted by Gasteiger charge is -2.08. The van der Waals surface area contributed by atoms with Crippen molar-refractivity contribution in [1.82, 2.24) is 10.3 Å². The summed E-state index contributed by atoms with van der Waals surface area (Å²) in [6.07, 6.45) is 1.38. The normalized spacial score (nSPS) is 9.71. The first kappa shape index (κ1) is 15.0. The average Bonchev–Trinajstić information content (AvgIpc) is 2.51. The molecule has 5 nitrogen and oxygen atoms in total.